The highest BCUT2D eigenvalue weighted by molar-refractivity contribution is 4.52. The first-order chi connectivity index (χ1) is 5.49. The van der Waals surface area contributed by atoms with E-state index < -0.39 is 0 Å². The van der Waals surface area contributed by atoms with Gasteiger partial charge in [-0.05, 0) is 13.8 Å². The maximum atomic E-state index is 5.59. The minimum atomic E-state index is -0.00579. The van der Waals surface area contributed by atoms with E-state index in [9.17, 15) is 0 Å². The van der Waals surface area contributed by atoms with Gasteiger partial charge in [-0.25, -0.2) is 0 Å². The molecule has 72 valence electrons. The maximum absolute atomic E-state index is 5.59. The average Bonchev–Trinajstić information content (AvgIpc) is 1.82. The molecule has 1 atom stereocenters. The number of morpholine rings is 1. The first kappa shape index (κ1) is 9.96. The Morgan fingerprint density at radius 3 is 2.58 bits per heavy atom. The number of likely N-dealkylation sites (N-methyl/N-ethyl adjacent to an activating group) is 1. The van der Waals surface area contributed by atoms with E-state index in [1.54, 1.807) is 0 Å². The van der Waals surface area contributed by atoms with Gasteiger partial charge in [-0.2, -0.15) is 0 Å². The zero-order valence-corrected chi connectivity index (χ0v) is 8.54. The first-order valence-electron chi connectivity index (χ1n) is 4.59. The third-order valence-corrected chi connectivity index (χ3v) is 2.07. The minimum absolute atomic E-state index is 0.00579. The summed E-state index contributed by atoms with van der Waals surface area (Å²) in [4.78, 5) is 0. The fourth-order valence-corrected chi connectivity index (χ4v) is 1.36. The normalized spacial score (nSPS) is 29.2. The van der Waals surface area contributed by atoms with E-state index in [-0.39, 0.29) is 12.4 Å². The molecule has 0 N–H and O–H groups in total. The topological polar surface area (TPSA) is 18.5 Å². The minimum Gasteiger partial charge on any atom is -0.345 e. The van der Waals surface area contributed by atoms with Crippen LogP contribution in [0.1, 0.15) is 13.8 Å². The maximum Gasteiger partial charge on any atom is 0.208 e. The van der Waals surface area contributed by atoms with E-state index in [0.29, 0.717) is 0 Å². The Balaban J connectivity index is 2.36. The molecule has 0 saturated carbocycles. The molecule has 1 unspecified atom stereocenters. The van der Waals surface area contributed by atoms with Gasteiger partial charge in [0, 0.05) is 0 Å². The van der Waals surface area contributed by atoms with Gasteiger partial charge in [-0.3, -0.25) is 0 Å². The smallest absolute Gasteiger partial charge is 0.208 e. The molecule has 3 nitrogen and oxygen atoms in total. The van der Waals surface area contributed by atoms with Gasteiger partial charge in [0.15, 0.2) is 0 Å². The highest BCUT2D eigenvalue weighted by Crippen LogP contribution is 2.12. The predicted molar refractivity (Wildman–Crippen MR) is 47.8 cm³/mol. The highest BCUT2D eigenvalue weighted by Gasteiger charge is 2.28. The number of nitrogens with zero attached hydrogens (tertiary/aromatic N) is 1. The van der Waals surface area contributed by atoms with E-state index >= 15 is 0 Å². The fourth-order valence-electron chi connectivity index (χ4n) is 1.36. The van der Waals surface area contributed by atoms with E-state index in [1.807, 2.05) is 13.8 Å². The number of hydrogen-bond donors (Lipinski definition) is 0. The van der Waals surface area contributed by atoms with Crippen molar-refractivity contribution in [2.75, 3.05) is 33.8 Å². The summed E-state index contributed by atoms with van der Waals surface area (Å²) in [6, 6.07) is 0. The van der Waals surface area contributed by atoms with Crippen molar-refractivity contribution in [1.29, 1.82) is 0 Å². The Bertz CT molecular complexity index is 145. The fraction of sp³-hybridized carbons (Fsp3) is 1.00. The number of rotatable bonds is 2. The molecule has 1 rings (SSSR count). The molecule has 1 saturated heterocycles. The molecule has 0 aromatic heterocycles. The van der Waals surface area contributed by atoms with Crippen molar-refractivity contribution in [3.05, 3.63) is 0 Å². The Morgan fingerprint density at radius 2 is 2.08 bits per heavy atom. The van der Waals surface area contributed by atoms with Crippen molar-refractivity contribution in [3.63, 3.8) is 0 Å². The third-order valence-electron chi connectivity index (χ3n) is 2.07. The third kappa shape index (κ3) is 3.09. The summed E-state index contributed by atoms with van der Waals surface area (Å²) >= 11 is 0. The van der Waals surface area contributed by atoms with Crippen LogP contribution in [0.4, 0.5) is 0 Å². The second-order valence-electron chi connectivity index (χ2n) is 4.33. The van der Waals surface area contributed by atoms with Crippen LogP contribution in [0, 0.1) is 0 Å². The summed E-state index contributed by atoms with van der Waals surface area (Å²) in [5.41, 5.74) is 0. The standard InChI is InChI=1S/C9H20NO2/c1-8(2)12-9-7-10(3,4)5-6-11-9/h8-9H,5-7H2,1-4H3/q+1. The molecule has 0 amide bonds. The Morgan fingerprint density at radius 1 is 1.42 bits per heavy atom. The SMILES string of the molecule is CC(C)OC1C[N+](C)(C)CCO1. The van der Waals surface area contributed by atoms with Gasteiger partial charge in [0.05, 0.1) is 26.8 Å². The zero-order chi connectivity index (χ0) is 9.19. The Labute approximate surface area is 74.8 Å². The largest absolute Gasteiger partial charge is 0.345 e. The molecular formula is C9H20NO2+. The van der Waals surface area contributed by atoms with Gasteiger partial charge in [-0.1, -0.05) is 0 Å². The number of quaternary nitrogens is 1. The van der Waals surface area contributed by atoms with Crippen molar-refractivity contribution in [2.24, 2.45) is 0 Å². The second kappa shape index (κ2) is 3.73. The summed E-state index contributed by atoms with van der Waals surface area (Å²) in [7, 11) is 4.42. The molecule has 1 aliphatic rings. The average molecular weight is 174 g/mol. The lowest BCUT2D eigenvalue weighted by molar-refractivity contribution is -0.905. The molecule has 0 aliphatic carbocycles. The molecule has 12 heavy (non-hydrogen) atoms. The van der Waals surface area contributed by atoms with Gasteiger partial charge in [0.1, 0.15) is 13.1 Å². The lowest BCUT2D eigenvalue weighted by Gasteiger charge is -2.38. The van der Waals surface area contributed by atoms with Crippen LogP contribution >= 0.6 is 0 Å². The van der Waals surface area contributed by atoms with Crippen LogP contribution in [0.5, 0.6) is 0 Å². The first-order valence-corrected chi connectivity index (χ1v) is 4.59. The molecule has 1 aliphatic heterocycles. The van der Waals surface area contributed by atoms with Gasteiger partial charge < -0.3 is 14.0 Å². The van der Waals surface area contributed by atoms with E-state index in [2.05, 4.69) is 14.1 Å². The summed E-state index contributed by atoms with van der Waals surface area (Å²) in [5, 5.41) is 0. The van der Waals surface area contributed by atoms with Crippen LogP contribution in [0.15, 0.2) is 0 Å². The van der Waals surface area contributed by atoms with Crippen LogP contribution in [0.2, 0.25) is 0 Å². The molecule has 3 heteroatoms. The number of ether oxygens (including phenoxy) is 2. The number of hydrogen-bond acceptors (Lipinski definition) is 2. The van der Waals surface area contributed by atoms with E-state index in [0.717, 1.165) is 24.2 Å². The van der Waals surface area contributed by atoms with Crippen molar-refractivity contribution in [1.82, 2.24) is 0 Å². The van der Waals surface area contributed by atoms with Crippen molar-refractivity contribution < 1.29 is 14.0 Å². The molecular weight excluding hydrogens is 154 g/mol. The summed E-state index contributed by atoms with van der Waals surface area (Å²) in [6.07, 6.45) is 0.252. The van der Waals surface area contributed by atoms with Crippen LogP contribution in [-0.2, 0) is 9.47 Å². The molecule has 0 radical (unpaired) electrons. The molecule has 0 spiro atoms. The van der Waals surface area contributed by atoms with Gasteiger partial charge in [0.2, 0.25) is 6.29 Å². The van der Waals surface area contributed by atoms with Crippen LogP contribution < -0.4 is 0 Å². The Kier molecular flexibility index (Phi) is 3.09. The summed E-state index contributed by atoms with van der Waals surface area (Å²) in [5.74, 6) is 0. The van der Waals surface area contributed by atoms with Gasteiger partial charge >= 0.3 is 0 Å². The van der Waals surface area contributed by atoms with Crippen molar-refractivity contribution >= 4 is 0 Å². The van der Waals surface area contributed by atoms with Crippen LogP contribution in [0.25, 0.3) is 0 Å². The molecule has 0 aromatic rings. The zero-order valence-electron chi connectivity index (χ0n) is 8.54. The summed E-state index contributed by atoms with van der Waals surface area (Å²) in [6.45, 7) is 6.93. The van der Waals surface area contributed by atoms with Gasteiger partial charge in [-0.15, -0.1) is 0 Å². The summed E-state index contributed by atoms with van der Waals surface area (Å²) < 4.78 is 12.1. The predicted octanol–water partition coefficient (Wildman–Crippen LogP) is 0.844. The van der Waals surface area contributed by atoms with E-state index in [4.69, 9.17) is 9.47 Å². The van der Waals surface area contributed by atoms with Crippen molar-refractivity contribution in [2.45, 2.75) is 26.2 Å². The molecule has 1 fully saturated rings. The highest BCUT2D eigenvalue weighted by atomic mass is 16.7. The van der Waals surface area contributed by atoms with E-state index in [1.165, 1.54) is 0 Å². The molecule has 0 bridgehead atoms. The van der Waals surface area contributed by atoms with Gasteiger partial charge in [0.25, 0.3) is 0 Å². The van der Waals surface area contributed by atoms with Crippen molar-refractivity contribution in [3.8, 4) is 0 Å². The lowest BCUT2D eigenvalue weighted by atomic mass is 10.3. The van der Waals surface area contributed by atoms with Crippen LogP contribution in [0.3, 0.4) is 0 Å². The quantitative estimate of drug-likeness (QED) is 0.578. The lowest BCUT2D eigenvalue weighted by Crippen LogP contribution is -2.53. The monoisotopic (exact) mass is 174 g/mol. The molecule has 1 heterocycles. The molecule has 0 aromatic carbocycles. The second-order valence-corrected chi connectivity index (χ2v) is 4.33. The Hall–Kier alpha value is -0.120. The van der Waals surface area contributed by atoms with Crippen LogP contribution in [-0.4, -0.2) is 50.7 Å².